The van der Waals surface area contributed by atoms with E-state index < -0.39 is 28.8 Å². The zero-order valence-corrected chi connectivity index (χ0v) is 18.4. The van der Waals surface area contributed by atoms with Crippen LogP contribution in [0.2, 0.25) is 0 Å². The molecule has 0 N–H and O–H groups in total. The van der Waals surface area contributed by atoms with Crippen LogP contribution in [0, 0.1) is 17.5 Å². The second kappa shape index (κ2) is 8.39. The number of anilines is 1. The number of hydrogen-bond acceptors (Lipinski definition) is 6. The van der Waals surface area contributed by atoms with Gasteiger partial charge in [-0.05, 0) is 34.0 Å². The van der Waals surface area contributed by atoms with Crippen LogP contribution in [0.25, 0.3) is 11.1 Å². The number of fused-ring (bicyclic) bond motifs is 1. The Labute approximate surface area is 193 Å². The van der Waals surface area contributed by atoms with Crippen molar-refractivity contribution in [2.45, 2.75) is 6.42 Å². The highest BCUT2D eigenvalue weighted by Crippen LogP contribution is 2.27. The molecule has 0 saturated heterocycles. The molecule has 4 heterocycles. The number of carbonyl (C=O) groups is 1. The third-order valence-corrected chi connectivity index (χ3v) is 5.73. The summed E-state index contributed by atoms with van der Waals surface area (Å²) < 4.78 is 43.6. The maximum atomic E-state index is 13.9. The van der Waals surface area contributed by atoms with Gasteiger partial charge in [0.2, 0.25) is 5.78 Å². The first-order valence-electron chi connectivity index (χ1n) is 9.85. The van der Waals surface area contributed by atoms with E-state index in [9.17, 15) is 18.0 Å². The predicted octanol–water partition coefficient (Wildman–Crippen LogP) is 4.22. The van der Waals surface area contributed by atoms with Gasteiger partial charge in [-0.1, -0.05) is 6.08 Å². The van der Waals surface area contributed by atoms with Gasteiger partial charge in [0.25, 0.3) is 0 Å². The van der Waals surface area contributed by atoms with E-state index in [1.54, 1.807) is 4.52 Å². The average Bonchev–Trinajstić information content (AvgIpc) is 3.19. The van der Waals surface area contributed by atoms with Gasteiger partial charge in [-0.3, -0.25) is 4.79 Å². The molecule has 0 fully saturated rings. The molecule has 4 aromatic rings. The minimum absolute atomic E-state index is 0.0941. The topological polar surface area (TPSA) is 76.3 Å². The first-order chi connectivity index (χ1) is 15.9. The Bertz CT molecular complexity index is 1400. The number of halogens is 4. The SMILES string of the molecule is O=C(c1cnc(C2=CCN(c3ncnn4cc(Br)cc34)CC2)nc1)c1c(F)cc(F)cc1F. The smallest absolute Gasteiger partial charge is 0.202 e. The highest BCUT2D eigenvalue weighted by molar-refractivity contribution is 9.10. The molecule has 5 rings (SSSR count). The summed E-state index contributed by atoms with van der Waals surface area (Å²) in [7, 11) is 0. The van der Waals surface area contributed by atoms with Crippen molar-refractivity contribution < 1.29 is 18.0 Å². The van der Waals surface area contributed by atoms with Crippen molar-refractivity contribution >= 4 is 38.6 Å². The highest BCUT2D eigenvalue weighted by atomic mass is 79.9. The van der Waals surface area contributed by atoms with Crippen LogP contribution >= 0.6 is 15.9 Å². The lowest BCUT2D eigenvalue weighted by molar-refractivity contribution is 0.103. The van der Waals surface area contributed by atoms with E-state index in [1.807, 2.05) is 18.3 Å². The number of ketones is 1. The van der Waals surface area contributed by atoms with Gasteiger partial charge in [0.15, 0.2) is 11.6 Å². The minimum atomic E-state index is -1.27. The fourth-order valence-corrected chi connectivity index (χ4v) is 4.12. The van der Waals surface area contributed by atoms with Gasteiger partial charge in [0, 0.05) is 48.3 Å². The summed E-state index contributed by atoms with van der Waals surface area (Å²) in [5.74, 6) is -3.37. The standard InChI is InChI=1S/C22H14BrF3N6O/c23-14-5-18-22(29-11-30-32(18)10-14)31-3-1-12(2-4-31)21-27-8-13(9-28-21)20(33)19-16(25)6-15(24)7-17(19)26/h1,5-11H,2-4H2. The quantitative estimate of drug-likeness (QED) is 0.379. The van der Waals surface area contributed by atoms with Gasteiger partial charge in [-0.15, -0.1) is 0 Å². The molecule has 0 amide bonds. The summed E-state index contributed by atoms with van der Waals surface area (Å²) >= 11 is 3.45. The molecule has 3 aromatic heterocycles. The average molecular weight is 515 g/mol. The third-order valence-electron chi connectivity index (χ3n) is 5.30. The fraction of sp³-hybridized carbons (Fsp3) is 0.136. The number of aromatic nitrogens is 5. The predicted molar refractivity (Wildman–Crippen MR) is 117 cm³/mol. The van der Waals surface area contributed by atoms with E-state index in [-0.39, 0.29) is 5.56 Å². The highest BCUT2D eigenvalue weighted by Gasteiger charge is 2.22. The van der Waals surface area contributed by atoms with Crippen LogP contribution in [-0.4, -0.2) is 43.4 Å². The summed E-state index contributed by atoms with van der Waals surface area (Å²) in [5, 5.41) is 4.20. The maximum Gasteiger partial charge on any atom is 0.202 e. The number of nitrogens with zero attached hydrogens (tertiary/aromatic N) is 6. The number of rotatable bonds is 4. The Balaban J connectivity index is 1.35. The molecule has 0 spiro atoms. The van der Waals surface area contributed by atoms with Crippen LogP contribution in [0.4, 0.5) is 19.0 Å². The van der Waals surface area contributed by atoms with Crippen molar-refractivity contribution in [1.82, 2.24) is 24.6 Å². The zero-order valence-electron chi connectivity index (χ0n) is 16.8. The second-order valence-electron chi connectivity index (χ2n) is 7.37. The molecule has 7 nitrogen and oxygen atoms in total. The molecule has 1 aliphatic rings. The zero-order chi connectivity index (χ0) is 23.1. The summed E-state index contributed by atoms with van der Waals surface area (Å²) in [6.45, 7) is 1.23. The van der Waals surface area contributed by atoms with Crippen molar-refractivity contribution in [1.29, 1.82) is 0 Å². The van der Waals surface area contributed by atoms with E-state index in [0.29, 0.717) is 37.5 Å². The van der Waals surface area contributed by atoms with Crippen molar-refractivity contribution in [2.75, 3.05) is 18.0 Å². The number of carbonyl (C=O) groups excluding carboxylic acids is 1. The minimum Gasteiger partial charge on any atom is -0.351 e. The Morgan fingerprint density at radius 1 is 1.03 bits per heavy atom. The van der Waals surface area contributed by atoms with Crippen LogP contribution in [0.15, 0.2) is 53.7 Å². The molecule has 0 saturated carbocycles. The molecule has 166 valence electrons. The van der Waals surface area contributed by atoms with Gasteiger partial charge < -0.3 is 4.90 Å². The van der Waals surface area contributed by atoms with Crippen molar-refractivity contribution in [3.63, 3.8) is 0 Å². The first-order valence-corrected chi connectivity index (χ1v) is 10.6. The van der Waals surface area contributed by atoms with Gasteiger partial charge in [0.1, 0.15) is 29.3 Å². The van der Waals surface area contributed by atoms with Gasteiger partial charge >= 0.3 is 0 Å². The largest absolute Gasteiger partial charge is 0.351 e. The summed E-state index contributed by atoms with van der Waals surface area (Å²) in [6.07, 6.45) is 8.38. The molecule has 33 heavy (non-hydrogen) atoms. The first kappa shape index (κ1) is 21.3. The van der Waals surface area contributed by atoms with Gasteiger partial charge in [-0.25, -0.2) is 32.6 Å². The molecule has 0 aliphatic carbocycles. The number of benzene rings is 1. The molecule has 0 unspecified atom stereocenters. The van der Waals surface area contributed by atoms with Crippen molar-refractivity contribution in [2.24, 2.45) is 0 Å². The van der Waals surface area contributed by atoms with Crippen LogP contribution in [0.3, 0.4) is 0 Å². The Morgan fingerprint density at radius 2 is 1.76 bits per heavy atom. The van der Waals surface area contributed by atoms with Crippen LogP contribution in [0.5, 0.6) is 0 Å². The molecule has 1 aromatic carbocycles. The van der Waals surface area contributed by atoms with E-state index in [0.717, 1.165) is 21.4 Å². The Kier molecular flexibility index (Phi) is 5.41. The normalized spacial score (nSPS) is 13.9. The number of hydrogen-bond donors (Lipinski definition) is 0. The fourth-order valence-electron chi connectivity index (χ4n) is 3.71. The monoisotopic (exact) mass is 514 g/mol. The molecular weight excluding hydrogens is 501 g/mol. The lowest BCUT2D eigenvalue weighted by atomic mass is 10.0. The van der Waals surface area contributed by atoms with Crippen LogP contribution in [-0.2, 0) is 0 Å². The van der Waals surface area contributed by atoms with E-state index >= 15 is 0 Å². The Morgan fingerprint density at radius 3 is 2.42 bits per heavy atom. The Hall–Kier alpha value is -3.60. The molecule has 0 atom stereocenters. The molecule has 11 heteroatoms. The molecule has 1 aliphatic heterocycles. The van der Waals surface area contributed by atoms with E-state index in [2.05, 4.69) is 40.9 Å². The maximum absolute atomic E-state index is 13.9. The van der Waals surface area contributed by atoms with E-state index in [4.69, 9.17) is 0 Å². The van der Waals surface area contributed by atoms with E-state index in [1.165, 1.54) is 18.7 Å². The third kappa shape index (κ3) is 3.99. The molecular formula is C22H14BrF3N6O. The van der Waals surface area contributed by atoms with Crippen LogP contribution < -0.4 is 4.90 Å². The van der Waals surface area contributed by atoms with Crippen molar-refractivity contribution in [3.05, 3.63) is 88.1 Å². The molecule has 0 bridgehead atoms. The molecule has 0 radical (unpaired) electrons. The summed E-state index contributed by atoms with van der Waals surface area (Å²) in [5.41, 5.74) is 0.823. The van der Waals surface area contributed by atoms with Crippen molar-refractivity contribution in [3.8, 4) is 0 Å². The lowest BCUT2D eigenvalue weighted by Gasteiger charge is -2.27. The van der Waals surface area contributed by atoms with Gasteiger partial charge in [0.05, 0.1) is 11.1 Å². The second-order valence-corrected chi connectivity index (χ2v) is 8.28. The summed E-state index contributed by atoms with van der Waals surface area (Å²) in [4.78, 5) is 27.4. The van der Waals surface area contributed by atoms with Crippen LogP contribution in [0.1, 0.15) is 28.2 Å². The van der Waals surface area contributed by atoms with Gasteiger partial charge in [-0.2, -0.15) is 5.10 Å². The lowest BCUT2D eigenvalue weighted by Crippen LogP contribution is -2.29. The summed E-state index contributed by atoms with van der Waals surface area (Å²) in [6, 6.07) is 2.87.